The summed E-state index contributed by atoms with van der Waals surface area (Å²) >= 11 is 0. The number of hydrogen-bond donors (Lipinski definition) is 1. The van der Waals surface area contributed by atoms with Crippen LogP contribution in [0.4, 0.5) is 13.2 Å². The average Bonchev–Trinajstić information content (AvgIpc) is 3.08. The van der Waals surface area contributed by atoms with Gasteiger partial charge >= 0.3 is 5.97 Å². The highest BCUT2D eigenvalue weighted by Gasteiger charge is 2.23. The largest absolute Gasteiger partial charge is 0.481 e. The van der Waals surface area contributed by atoms with E-state index in [-0.39, 0.29) is 22.6 Å². The Bertz CT molecular complexity index is 910. The van der Waals surface area contributed by atoms with Crippen LogP contribution in [0.25, 0.3) is 11.1 Å². The lowest BCUT2D eigenvalue weighted by Gasteiger charge is -2.14. The maximum Gasteiger partial charge on any atom is 0.304 e. The maximum absolute atomic E-state index is 14.1. The average molecular weight is 347 g/mol. The summed E-state index contributed by atoms with van der Waals surface area (Å²) in [6.45, 7) is 0. The topological polar surface area (TPSA) is 63.3 Å². The number of nitrogens with zero attached hydrogens (tertiary/aromatic N) is 1. The van der Waals surface area contributed by atoms with Crippen molar-refractivity contribution in [2.24, 2.45) is 0 Å². The summed E-state index contributed by atoms with van der Waals surface area (Å²) in [5.41, 5.74) is 0.208. The molecule has 7 heteroatoms. The Hall–Kier alpha value is -3.09. The van der Waals surface area contributed by atoms with E-state index < -0.39 is 35.8 Å². The normalized spacial score (nSPS) is 12.1. The number of oxazole rings is 1. The van der Waals surface area contributed by atoms with Crippen molar-refractivity contribution in [3.63, 3.8) is 0 Å². The lowest BCUT2D eigenvalue weighted by atomic mass is 9.92. The third-order valence-corrected chi connectivity index (χ3v) is 3.69. The van der Waals surface area contributed by atoms with Crippen molar-refractivity contribution in [1.29, 1.82) is 0 Å². The highest BCUT2D eigenvalue weighted by Crippen LogP contribution is 2.32. The van der Waals surface area contributed by atoms with Crippen LogP contribution in [0.1, 0.15) is 23.8 Å². The zero-order valence-electron chi connectivity index (χ0n) is 12.7. The summed E-state index contributed by atoms with van der Waals surface area (Å²) in [5.74, 6) is -4.00. The van der Waals surface area contributed by atoms with Crippen molar-refractivity contribution in [2.75, 3.05) is 0 Å². The van der Waals surface area contributed by atoms with Crippen molar-refractivity contribution in [3.8, 4) is 11.1 Å². The highest BCUT2D eigenvalue weighted by atomic mass is 19.1. The smallest absolute Gasteiger partial charge is 0.304 e. The summed E-state index contributed by atoms with van der Waals surface area (Å²) in [5, 5.41) is 9.11. The van der Waals surface area contributed by atoms with Crippen LogP contribution in [0.2, 0.25) is 0 Å². The molecule has 2 aromatic carbocycles. The number of aliphatic carboxylic acids is 1. The molecule has 0 bridgehead atoms. The van der Waals surface area contributed by atoms with Crippen molar-refractivity contribution in [1.82, 2.24) is 4.98 Å². The lowest BCUT2D eigenvalue weighted by Crippen LogP contribution is -2.09. The van der Waals surface area contributed by atoms with Crippen LogP contribution in [0.5, 0.6) is 0 Å². The molecule has 128 valence electrons. The third kappa shape index (κ3) is 3.71. The summed E-state index contributed by atoms with van der Waals surface area (Å²) < 4.78 is 46.6. The number of carbonyl (C=O) groups is 1. The third-order valence-electron chi connectivity index (χ3n) is 3.69. The van der Waals surface area contributed by atoms with Gasteiger partial charge in [0.05, 0.1) is 18.5 Å². The number of rotatable bonds is 5. The minimum Gasteiger partial charge on any atom is -0.481 e. The van der Waals surface area contributed by atoms with Crippen LogP contribution in [-0.4, -0.2) is 16.1 Å². The molecule has 1 atom stereocenters. The van der Waals surface area contributed by atoms with Gasteiger partial charge in [0.25, 0.3) is 0 Å². The predicted molar refractivity (Wildman–Crippen MR) is 82.4 cm³/mol. The van der Waals surface area contributed by atoms with Gasteiger partial charge in [-0.2, -0.15) is 0 Å². The van der Waals surface area contributed by atoms with Gasteiger partial charge in [-0.05, 0) is 41.5 Å². The van der Waals surface area contributed by atoms with E-state index >= 15 is 0 Å². The van der Waals surface area contributed by atoms with Crippen molar-refractivity contribution in [2.45, 2.75) is 12.3 Å². The minimum atomic E-state index is -1.13. The van der Waals surface area contributed by atoms with Gasteiger partial charge in [0.1, 0.15) is 23.7 Å². The van der Waals surface area contributed by atoms with Gasteiger partial charge in [-0.3, -0.25) is 4.79 Å². The first-order valence-corrected chi connectivity index (χ1v) is 7.31. The Morgan fingerprint density at radius 3 is 2.60 bits per heavy atom. The number of aromatic nitrogens is 1. The van der Waals surface area contributed by atoms with Crippen LogP contribution in [0.3, 0.4) is 0 Å². The molecule has 0 aliphatic rings. The Labute approximate surface area is 140 Å². The molecule has 25 heavy (non-hydrogen) atoms. The molecule has 1 aromatic heterocycles. The van der Waals surface area contributed by atoms with Gasteiger partial charge in [0.15, 0.2) is 0 Å². The Morgan fingerprint density at radius 1 is 1.12 bits per heavy atom. The predicted octanol–water partition coefficient (Wildman–Crippen LogP) is 4.37. The minimum absolute atomic E-state index is 0.0916. The molecule has 0 saturated heterocycles. The Balaban J connectivity index is 2.12. The van der Waals surface area contributed by atoms with Crippen LogP contribution < -0.4 is 0 Å². The van der Waals surface area contributed by atoms with E-state index in [1.165, 1.54) is 18.5 Å². The molecule has 0 radical (unpaired) electrons. The van der Waals surface area contributed by atoms with E-state index in [9.17, 15) is 18.0 Å². The second-order valence-electron chi connectivity index (χ2n) is 5.42. The van der Waals surface area contributed by atoms with Crippen LogP contribution in [0.15, 0.2) is 53.3 Å². The fourth-order valence-electron chi connectivity index (χ4n) is 2.62. The number of hydrogen-bond acceptors (Lipinski definition) is 3. The van der Waals surface area contributed by atoms with E-state index in [4.69, 9.17) is 9.52 Å². The molecule has 0 amide bonds. The molecule has 0 spiro atoms. The Kier molecular flexibility index (Phi) is 4.56. The SMILES string of the molecule is O=C(O)CC(c1cc(F)cc(-c2cc(F)ccc2F)c1)c1ncco1. The number of halogens is 3. The second-order valence-corrected chi connectivity index (χ2v) is 5.42. The summed E-state index contributed by atoms with van der Waals surface area (Å²) in [7, 11) is 0. The molecule has 3 rings (SSSR count). The van der Waals surface area contributed by atoms with E-state index in [2.05, 4.69) is 4.98 Å². The van der Waals surface area contributed by atoms with Gasteiger partial charge in [-0.1, -0.05) is 6.07 Å². The molecule has 1 unspecified atom stereocenters. The number of carboxylic acid groups (broad SMARTS) is 1. The van der Waals surface area contributed by atoms with E-state index in [1.54, 1.807) is 0 Å². The van der Waals surface area contributed by atoms with E-state index in [0.29, 0.717) is 0 Å². The van der Waals surface area contributed by atoms with Gasteiger partial charge in [-0.15, -0.1) is 0 Å². The fraction of sp³-hybridized carbons (Fsp3) is 0.111. The zero-order chi connectivity index (χ0) is 18.0. The molecule has 0 aliphatic heterocycles. The number of benzene rings is 2. The van der Waals surface area contributed by atoms with E-state index in [1.807, 2.05) is 0 Å². The molecule has 4 nitrogen and oxygen atoms in total. The lowest BCUT2D eigenvalue weighted by molar-refractivity contribution is -0.137. The first-order chi connectivity index (χ1) is 11.9. The van der Waals surface area contributed by atoms with Crippen molar-refractivity contribution in [3.05, 3.63) is 77.8 Å². The second kappa shape index (κ2) is 6.80. The zero-order valence-corrected chi connectivity index (χ0v) is 12.7. The van der Waals surface area contributed by atoms with Gasteiger partial charge in [-0.25, -0.2) is 18.2 Å². The fourth-order valence-corrected chi connectivity index (χ4v) is 2.62. The summed E-state index contributed by atoms with van der Waals surface area (Å²) in [6.07, 6.45) is 2.22. The molecule has 0 fully saturated rings. The van der Waals surface area contributed by atoms with Crippen LogP contribution in [0, 0.1) is 17.5 Å². The van der Waals surface area contributed by atoms with Crippen LogP contribution in [-0.2, 0) is 4.79 Å². The molecule has 3 aromatic rings. The molecular weight excluding hydrogens is 335 g/mol. The quantitative estimate of drug-likeness (QED) is 0.745. The summed E-state index contributed by atoms with van der Waals surface area (Å²) in [4.78, 5) is 15.1. The van der Waals surface area contributed by atoms with Crippen molar-refractivity contribution < 1.29 is 27.5 Å². The maximum atomic E-state index is 14.1. The molecular formula is C18H12F3NO3. The van der Waals surface area contributed by atoms with Gasteiger partial charge < -0.3 is 9.52 Å². The molecule has 0 saturated carbocycles. The Morgan fingerprint density at radius 2 is 1.92 bits per heavy atom. The van der Waals surface area contributed by atoms with Crippen LogP contribution >= 0.6 is 0 Å². The number of carboxylic acids is 1. The first-order valence-electron chi connectivity index (χ1n) is 7.31. The molecule has 1 N–H and O–H groups in total. The molecule has 0 aliphatic carbocycles. The monoisotopic (exact) mass is 347 g/mol. The van der Waals surface area contributed by atoms with Crippen molar-refractivity contribution >= 4 is 5.97 Å². The summed E-state index contributed by atoms with van der Waals surface area (Å²) in [6, 6.07) is 6.42. The van der Waals surface area contributed by atoms with E-state index in [0.717, 1.165) is 30.3 Å². The highest BCUT2D eigenvalue weighted by molar-refractivity contribution is 5.70. The van der Waals surface area contributed by atoms with Gasteiger partial charge in [0, 0.05) is 5.56 Å². The first kappa shape index (κ1) is 16.8. The van der Waals surface area contributed by atoms with Gasteiger partial charge in [0.2, 0.25) is 5.89 Å². The molecule has 1 heterocycles. The standard InChI is InChI=1S/C18H12F3NO3/c19-12-1-2-16(21)14(8-12)10-5-11(7-13(20)6-10)15(9-17(23)24)18-22-3-4-25-18/h1-8,15H,9H2,(H,23,24).